The SMILES string of the molecule is CNc1cc(Cl)ncc1C(=O)NNC(=O)[C@H]1CC[C@H](C(=O)O)CC1. The van der Waals surface area contributed by atoms with Crippen molar-refractivity contribution in [2.45, 2.75) is 25.7 Å². The Hall–Kier alpha value is -2.35. The number of amides is 2. The third-order valence-electron chi connectivity index (χ3n) is 4.13. The maximum Gasteiger partial charge on any atom is 0.306 e. The Bertz CT molecular complexity index is 644. The Morgan fingerprint density at radius 3 is 2.38 bits per heavy atom. The summed E-state index contributed by atoms with van der Waals surface area (Å²) in [4.78, 5) is 39.0. The molecule has 1 aliphatic carbocycles. The molecule has 1 aromatic rings. The van der Waals surface area contributed by atoms with E-state index < -0.39 is 11.9 Å². The van der Waals surface area contributed by atoms with E-state index in [4.69, 9.17) is 16.7 Å². The molecule has 0 radical (unpaired) electrons. The van der Waals surface area contributed by atoms with Crippen molar-refractivity contribution in [2.75, 3.05) is 12.4 Å². The lowest BCUT2D eigenvalue weighted by Gasteiger charge is -2.25. The number of nitrogens with zero attached hydrogens (tertiary/aromatic N) is 1. The van der Waals surface area contributed by atoms with Crippen molar-refractivity contribution in [3.05, 3.63) is 23.0 Å². The number of anilines is 1. The van der Waals surface area contributed by atoms with E-state index in [2.05, 4.69) is 21.2 Å². The van der Waals surface area contributed by atoms with Crippen LogP contribution in [-0.2, 0) is 9.59 Å². The third kappa shape index (κ3) is 4.35. The molecule has 0 saturated heterocycles. The second kappa shape index (κ2) is 7.96. The number of hydrazine groups is 1. The molecule has 4 N–H and O–H groups in total. The number of hydrogen-bond acceptors (Lipinski definition) is 5. The fourth-order valence-corrected chi connectivity index (χ4v) is 2.87. The van der Waals surface area contributed by atoms with E-state index in [-0.39, 0.29) is 28.5 Å². The van der Waals surface area contributed by atoms with Gasteiger partial charge >= 0.3 is 5.97 Å². The van der Waals surface area contributed by atoms with Crippen molar-refractivity contribution in [1.82, 2.24) is 15.8 Å². The first-order valence-corrected chi connectivity index (χ1v) is 7.96. The van der Waals surface area contributed by atoms with Gasteiger partial charge in [-0.1, -0.05) is 11.6 Å². The van der Waals surface area contributed by atoms with Crippen LogP contribution < -0.4 is 16.2 Å². The number of carbonyl (C=O) groups is 3. The predicted octanol–water partition coefficient (Wildman–Crippen LogP) is 1.43. The zero-order chi connectivity index (χ0) is 17.7. The standard InChI is InChI=1S/C15H19ClN4O4/c1-17-11-6-12(16)18-7-10(11)14(22)20-19-13(21)8-2-4-9(5-3-8)15(23)24/h6-9H,2-5H2,1H3,(H,17,18)(H,19,21)(H,20,22)(H,23,24)/t8-,9-. The summed E-state index contributed by atoms with van der Waals surface area (Å²) >= 11 is 5.77. The Morgan fingerprint density at radius 1 is 1.17 bits per heavy atom. The van der Waals surface area contributed by atoms with Gasteiger partial charge in [0.1, 0.15) is 5.15 Å². The average Bonchev–Trinajstić information content (AvgIpc) is 2.59. The first-order chi connectivity index (χ1) is 11.4. The molecule has 2 rings (SSSR count). The molecule has 0 aromatic carbocycles. The zero-order valence-electron chi connectivity index (χ0n) is 13.1. The Morgan fingerprint density at radius 2 is 1.79 bits per heavy atom. The molecular weight excluding hydrogens is 336 g/mol. The predicted molar refractivity (Wildman–Crippen MR) is 87.5 cm³/mol. The maximum absolute atomic E-state index is 12.1. The summed E-state index contributed by atoms with van der Waals surface area (Å²) in [5.74, 6) is -2.34. The quantitative estimate of drug-likeness (QED) is 0.479. The molecule has 1 aromatic heterocycles. The number of nitrogens with one attached hydrogen (secondary N) is 3. The fourth-order valence-electron chi connectivity index (χ4n) is 2.71. The van der Waals surface area contributed by atoms with E-state index in [9.17, 15) is 14.4 Å². The summed E-state index contributed by atoms with van der Waals surface area (Å²) in [5.41, 5.74) is 5.47. The van der Waals surface area contributed by atoms with E-state index in [1.54, 1.807) is 7.05 Å². The summed E-state index contributed by atoms with van der Waals surface area (Å²) in [6.07, 6.45) is 3.22. The van der Waals surface area contributed by atoms with E-state index in [1.807, 2.05) is 0 Å². The topological polar surface area (TPSA) is 120 Å². The van der Waals surface area contributed by atoms with Gasteiger partial charge in [0.15, 0.2) is 0 Å². The largest absolute Gasteiger partial charge is 0.481 e. The summed E-state index contributed by atoms with van der Waals surface area (Å²) in [5, 5.41) is 12.0. The molecule has 8 nitrogen and oxygen atoms in total. The molecule has 1 heterocycles. The smallest absolute Gasteiger partial charge is 0.306 e. The van der Waals surface area contributed by atoms with E-state index >= 15 is 0 Å². The van der Waals surface area contributed by atoms with Crippen LogP contribution in [0.4, 0.5) is 5.69 Å². The highest BCUT2D eigenvalue weighted by Gasteiger charge is 2.30. The van der Waals surface area contributed by atoms with E-state index in [0.717, 1.165) is 0 Å². The zero-order valence-corrected chi connectivity index (χ0v) is 13.9. The number of carboxylic acid groups (broad SMARTS) is 1. The van der Waals surface area contributed by atoms with Crippen LogP contribution in [-0.4, -0.2) is 34.9 Å². The van der Waals surface area contributed by atoms with Crippen LogP contribution in [0.2, 0.25) is 5.15 Å². The monoisotopic (exact) mass is 354 g/mol. The molecule has 130 valence electrons. The molecule has 1 aliphatic rings. The minimum absolute atomic E-state index is 0.245. The molecule has 1 fully saturated rings. The molecule has 24 heavy (non-hydrogen) atoms. The molecule has 0 atom stereocenters. The minimum Gasteiger partial charge on any atom is -0.481 e. The molecule has 1 saturated carbocycles. The van der Waals surface area contributed by atoms with Gasteiger partial charge in [-0.15, -0.1) is 0 Å². The van der Waals surface area contributed by atoms with E-state index in [0.29, 0.717) is 31.4 Å². The van der Waals surface area contributed by atoms with Gasteiger partial charge in [-0.3, -0.25) is 25.2 Å². The molecular formula is C15H19ClN4O4. The number of hydrogen-bond donors (Lipinski definition) is 4. The maximum atomic E-state index is 12.1. The second-order valence-corrected chi connectivity index (χ2v) is 6.02. The van der Waals surface area contributed by atoms with Crippen LogP contribution in [0.3, 0.4) is 0 Å². The highest BCUT2D eigenvalue weighted by Crippen LogP contribution is 2.28. The summed E-state index contributed by atoms with van der Waals surface area (Å²) in [6.45, 7) is 0. The number of carbonyl (C=O) groups excluding carboxylic acids is 2. The number of rotatable bonds is 4. The Balaban J connectivity index is 1.88. The molecule has 0 aliphatic heterocycles. The Kier molecular flexibility index (Phi) is 5.97. The molecule has 2 amide bonds. The van der Waals surface area contributed by atoms with Gasteiger partial charge in [0.05, 0.1) is 17.2 Å². The average molecular weight is 355 g/mol. The van der Waals surface area contributed by atoms with Crippen LogP contribution in [0.1, 0.15) is 36.0 Å². The number of pyridine rings is 1. The van der Waals surface area contributed by atoms with Gasteiger partial charge in [-0.25, -0.2) is 4.98 Å². The van der Waals surface area contributed by atoms with Crippen molar-refractivity contribution >= 4 is 35.1 Å². The normalized spacial score (nSPS) is 20.1. The summed E-state index contributed by atoms with van der Waals surface area (Å²) in [7, 11) is 1.64. The van der Waals surface area contributed by atoms with Crippen molar-refractivity contribution in [1.29, 1.82) is 0 Å². The number of halogens is 1. The van der Waals surface area contributed by atoms with Gasteiger partial charge < -0.3 is 10.4 Å². The molecule has 0 bridgehead atoms. The van der Waals surface area contributed by atoms with Crippen LogP contribution in [0.5, 0.6) is 0 Å². The minimum atomic E-state index is -0.822. The second-order valence-electron chi connectivity index (χ2n) is 5.63. The third-order valence-corrected chi connectivity index (χ3v) is 4.34. The highest BCUT2D eigenvalue weighted by atomic mass is 35.5. The van der Waals surface area contributed by atoms with E-state index in [1.165, 1.54) is 12.3 Å². The lowest BCUT2D eigenvalue weighted by Crippen LogP contribution is -2.45. The van der Waals surface area contributed by atoms with Crippen LogP contribution >= 0.6 is 11.6 Å². The lowest BCUT2D eigenvalue weighted by atomic mass is 9.82. The van der Waals surface area contributed by atoms with Crippen LogP contribution in [0.25, 0.3) is 0 Å². The summed E-state index contributed by atoms with van der Waals surface area (Å²) in [6, 6.07) is 1.51. The number of aliphatic carboxylic acids is 1. The first-order valence-electron chi connectivity index (χ1n) is 7.58. The van der Waals surface area contributed by atoms with Crippen molar-refractivity contribution in [2.24, 2.45) is 11.8 Å². The van der Waals surface area contributed by atoms with Crippen LogP contribution in [0, 0.1) is 11.8 Å². The van der Waals surface area contributed by atoms with Gasteiger partial charge in [0.2, 0.25) is 5.91 Å². The fraction of sp³-hybridized carbons (Fsp3) is 0.467. The first kappa shape index (κ1) is 18.0. The highest BCUT2D eigenvalue weighted by molar-refractivity contribution is 6.29. The molecule has 0 spiro atoms. The van der Waals surface area contributed by atoms with Gasteiger partial charge in [-0.2, -0.15) is 0 Å². The molecule has 9 heteroatoms. The van der Waals surface area contributed by atoms with Crippen LogP contribution in [0.15, 0.2) is 12.3 Å². The lowest BCUT2D eigenvalue weighted by molar-refractivity contribution is -0.144. The number of aromatic nitrogens is 1. The van der Waals surface area contributed by atoms with Gasteiger partial charge in [-0.05, 0) is 31.7 Å². The van der Waals surface area contributed by atoms with Gasteiger partial charge in [0.25, 0.3) is 5.91 Å². The molecule has 0 unspecified atom stereocenters. The van der Waals surface area contributed by atoms with Crippen molar-refractivity contribution in [3.63, 3.8) is 0 Å². The summed E-state index contributed by atoms with van der Waals surface area (Å²) < 4.78 is 0. The van der Waals surface area contributed by atoms with Gasteiger partial charge in [0, 0.05) is 19.2 Å². The van der Waals surface area contributed by atoms with Crippen molar-refractivity contribution in [3.8, 4) is 0 Å². The Labute approximate surface area is 143 Å². The number of carboxylic acids is 1. The van der Waals surface area contributed by atoms with Crippen molar-refractivity contribution < 1.29 is 19.5 Å².